The fourth-order valence-corrected chi connectivity index (χ4v) is 0.900. The van der Waals surface area contributed by atoms with Crippen molar-refractivity contribution in [3.05, 3.63) is 28.5 Å². The number of pyridine rings is 1. The van der Waals surface area contributed by atoms with Crippen molar-refractivity contribution in [3.63, 3.8) is 0 Å². The molecule has 5 heteroatoms. The summed E-state index contributed by atoms with van der Waals surface area (Å²) < 4.78 is 0. The van der Waals surface area contributed by atoms with E-state index in [0.29, 0.717) is 5.56 Å². The van der Waals surface area contributed by atoms with Gasteiger partial charge in [0.25, 0.3) is 0 Å². The minimum Gasteiger partial charge on any atom is -0.478 e. The van der Waals surface area contributed by atoms with E-state index in [2.05, 4.69) is 4.98 Å². The first-order valence-corrected chi connectivity index (χ1v) is 3.35. The third-order valence-electron chi connectivity index (χ3n) is 1.37. The van der Waals surface area contributed by atoms with Crippen LogP contribution in [0.3, 0.4) is 0 Å². The second-order valence-electron chi connectivity index (χ2n) is 2.08. The lowest BCUT2D eigenvalue weighted by molar-refractivity contribution is 0.0696. The van der Waals surface area contributed by atoms with Crippen molar-refractivity contribution in [3.8, 4) is 0 Å². The first-order chi connectivity index (χ1) is 5.13. The molecule has 3 nitrogen and oxygen atoms in total. The van der Waals surface area contributed by atoms with Crippen LogP contribution in [0.25, 0.3) is 0 Å². The fraction of sp³-hybridized carbons (Fsp3) is 0.143. The van der Waals surface area contributed by atoms with Gasteiger partial charge < -0.3 is 5.11 Å². The van der Waals surface area contributed by atoms with Crippen molar-refractivity contribution in [2.24, 2.45) is 0 Å². The normalized spacial score (nSPS) is 8.83. The third kappa shape index (κ3) is 2.09. The number of carboxylic acids is 1. The van der Waals surface area contributed by atoms with E-state index >= 15 is 0 Å². The van der Waals surface area contributed by atoms with Crippen LogP contribution in [0.15, 0.2) is 12.3 Å². The number of halogens is 2. The number of hydrogen-bond acceptors (Lipinski definition) is 2. The number of aromatic carboxylic acids is 1. The lowest BCUT2D eigenvalue weighted by Crippen LogP contribution is -2.00. The van der Waals surface area contributed by atoms with Crippen molar-refractivity contribution in [2.75, 3.05) is 0 Å². The monoisotopic (exact) mass is 207 g/mol. The number of carbonyl (C=O) groups is 1. The maximum atomic E-state index is 10.5. The number of nitrogens with zero attached hydrogens (tertiary/aromatic N) is 1. The van der Waals surface area contributed by atoms with E-state index in [1.54, 1.807) is 6.92 Å². The molecule has 0 aromatic carbocycles. The zero-order valence-electron chi connectivity index (χ0n) is 6.24. The third-order valence-corrected chi connectivity index (χ3v) is 1.75. The van der Waals surface area contributed by atoms with Gasteiger partial charge in [0, 0.05) is 11.8 Å². The minimum atomic E-state index is -0.980. The molecule has 0 aliphatic rings. The molecule has 1 aromatic heterocycles. The molecule has 0 radical (unpaired) electrons. The predicted octanol–water partition coefficient (Wildman–Crippen LogP) is 2.16. The van der Waals surface area contributed by atoms with Crippen LogP contribution in [0.4, 0.5) is 0 Å². The van der Waals surface area contributed by atoms with Crippen molar-refractivity contribution in [1.82, 2.24) is 4.98 Å². The van der Waals surface area contributed by atoms with Crippen LogP contribution in [-0.2, 0) is 0 Å². The minimum absolute atomic E-state index is 0. The number of hydrogen-bond donors (Lipinski definition) is 1. The molecule has 66 valence electrons. The van der Waals surface area contributed by atoms with Gasteiger partial charge in [-0.3, -0.25) is 0 Å². The van der Waals surface area contributed by atoms with E-state index in [0.717, 1.165) is 0 Å². The van der Waals surface area contributed by atoms with E-state index in [1.807, 2.05) is 0 Å². The van der Waals surface area contributed by atoms with Gasteiger partial charge in [-0.05, 0) is 13.0 Å². The average Bonchev–Trinajstić information content (AvgIpc) is 1.94. The molecule has 1 heterocycles. The van der Waals surface area contributed by atoms with Crippen LogP contribution in [-0.4, -0.2) is 16.1 Å². The van der Waals surface area contributed by atoms with Crippen LogP contribution < -0.4 is 0 Å². The van der Waals surface area contributed by atoms with Crippen LogP contribution in [0, 0.1) is 6.92 Å². The van der Waals surface area contributed by atoms with Crippen LogP contribution in [0.5, 0.6) is 0 Å². The molecule has 0 spiro atoms. The molecule has 1 rings (SSSR count). The summed E-state index contributed by atoms with van der Waals surface area (Å²) >= 11 is 5.58. The van der Waals surface area contributed by atoms with E-state index in [9.17, 15) is 4.79 Å². The Hall–Kier alpha value is -0.800. The Balaban J connectivity index is 0.00000121. The molecule has 0 unspecified atom stereocenters. The summed E-state index contributed by atoms with van der Waals surface area (Å²) in [4.78, 5) is 14.2. The summed E-state index contributed by atoms with van der Waals surface area (Å²) in [7, 11) is 0. The highest BCUT2D eigenvalue weighted by Crippen LogP contribution is 2.15. The zero-order valence-corrected chi connectivity index (χ0v) is 7.82. The Morgan fingerprint density at radius 3 is 2.67 bits per heavy atom. The van der Waals surface area contributed by atoms with Crippen LogP contribution in [0.1, 0.15) is 15.9 Å². The predicted molar refractivity (Wildman–Crippen MR) is 48.2 cm³/mol. The van der Waals surface area contributed by atoms with E-state index in [-0.39, 0.29) is 23.1 Å². The first kappa shape index (κ1) is 11.2. The second kappa shape index (κ2) is 4.28. The van der Waals surface area contributed by atoms with E-state index in [4.69, 9.17) is 16.7 Å². The van der Waals surface area contributed by atoms with Crippen LogP contribution >= 0.6 is 24.0 Å². The van der Waals surface area contributed by atoms with Gasteiger partial charge in [-0.2, -0.15) is 0 Å². The van der Waals surface area contributed by atoms with Gasteiger partial charge in [0.15, 0.2) is 0 Å². The molecule has 0 saturated heterocycles. The number of rotatable bonds is 1. The highest BCUT2D eigenvalue weighted by molar-refractivity contribution is 6.30. The Kier molecular flexibility index (Phi) is 4.00. The molecule has 0 fully saturated rings. The smallest absolute Gasteiger partial charge is 0.336 e. The molecule has 1 aromatic rings. The topological polar surface area (TPSA) is 50.2 Å². The summed E-state index contributed by atoms with van der Waals surface area (Å²) in [6, 6.07) is 1.42. The average molecular weight is 208 g/mol. The van der Waals surface area contributed by atoms with Crippen molar-refractivity contribution in [2.45, 2.75) is 6.92 Å². The van der Waals surface area contributed by atoms with Gasteiger partial charge in [-0.1, -0.05) is 11.6 Å². The van der Waals surface area contributed by atoms with Crippen LogP contribution in [0.2, 0.25) is 5.15 Å². The molecule has 0 bridgehead atoms. The lowest BCUT2D eigenvalue weighted by Gasteiger charge is -1.99. The molecule has 0 saturated carbocycles. The SMILES string of the molecule is Cc1c(C(=O)O)ccnc1Cl.Cl. The summed E-state index contributed by atoms with van der Waals surface area (Å²) in [6.45, 7) is 1.62. The fourth-order valence-electron chi connectivity index (χ4n) is 0.742. The summed E-state index contributed by atoms with van der Waals surface area (Å²) in [5.41, 5.74) is 0.701. The summed E-state index contributed by atoms with van der Waals surface area (Å²) in [5.74, 6) is -0.980. The molecule has 0 amide bonds. The molecule has 0 aliphatic heterocycles. The highest BCUT2D eigenvalue weighted by Gasteiger charge is 2.08. The maximum Gasteiger partial charge on any atom is 0.336 e. The first-order valence-electron chi connectivity index (χ1n) is 2.97. The van der Waals surface area contributed by atoms with E-state index < -0.39 is 5.97 Å². The largest absolute Gasteiger partial charge is 0.478 e. The molecular formula is C7H7Cl2NO2. The van der Waals surface area contributed by atoms with Gasteiger partial charge in [0.1, 0.15) is 5.15 Å². The quantitative estimate of drug-likeness (QED) is 0.719. The van der Waals surface area contributed by atoms with Gasteiger partial charge in [0.05, 0.1) is 5.56 Å². The van der Waals surface area contributed by atoms with Gasteiger partial charge in [0.2, 0.25) is 0 Å². The Morgan fingerprint density at radius 2 is 2.25 bits per heavy atom. The zero-order chi connectivity index (χ0) is 8.43. The molecule has 0 atom stereocenters. The lowest BCUT2D eigenvalue weighted by atomic mass is 10.2. The standard InChI is InChI=1S/C7H6ClNO2.ClH/c1-4-5(7(10)11)2-3-9-6(4)8;/h2-3H,1H3,(H,10,11);1H. The van der Waals surface area contributed by atoms with Gasteiger partial charge in [-0.15, -0.1) is 12.4 Å². The maximum absolute atomic E-state index is 10.5. The Morgan fingerprint density at radius 1 is 1.67 bits per heavy atom. The van der Waals surface area contributed by atoms with E-state index in [1.165, 1.54) is 12.3 Å². The number of aromatic nitrogens is 1. The molecule has 0 aliphatic carbocycles. The molecular weight excluding hydrogens is 201 g/mol. The molecule has 12 heavy (non-hydrogen) atoms. The highest BCUT2D eigenvalue weighted by atomic mass is 35.5. The van der Waals surface area contributed by atoms with Gasteiger partial charge in [-0.25, -0.2) is 9.78 Å². The van der Waals surface area contributed by atoms with Crippen molar-refractivity contribution in [1.29, 1.82) is 0 Å². The number of carboxylic acid groups (broad SMARTS) is 1. The Labute approximate surface area is 80.8 Å². The summed E-state index contributed by atoms with van der Waals surface area (Å²) in [6.07, 6.45) is 1.37. The van der Waals surface area contributed by atoms with Crippen molar-refractivity contribution < 1.29 is 9.90 Å². The Bertz CT molecular complexity index is 301. The van der Waals surface area contributed by atoms with Gasteiger partial charge >= 0.3 is 5.97 Å². The van der Waals surface area contributed by atoms with Crippen molar-refractivity contribution >= 4 is 30.0 Å². The molecule has 1 N–H and O–H groups in total. The second-order valence-corrected chi connectivity index (χ2v) is 2.44. The summed E-state index contributed by atoms with van der Waals surface area (Å²) in [5, 5.41) is 8.84.